The molecule has 0 fully saturated rings. The third kappa shape index (κ3) is 2.32. The van der Waals surface area contributed by atoms with Crippen molar-refractivity contribution in [3.8, 4) is 11.1 Å². The lowest BCUT2D eigenvalue weighted by atomic mass is 9.59. The predicted octanol–water partition coefficient (Wildman–Crippen LogP) is 8.15. The molecule has 4 heterocycles. The minimum absolute atomic E-state index is 0.931. The van der Waals surface area contributed by atoms with Crippen molar-refractivity contribution in [3.05, 3.63) is 115 Å². The smallest absolute Gasteiger partial charge is 0.198 e. The number of benzene rings is 7. The lowest BCUT2D eigenvalue weighted by Gasteiger charge is -2.21. The maximum Gasteiger partial charge on any atom is 0.198 e. The number of hydrogen-bond donors (Lipinski definition) is 1. The fourth-order valence-electron chi connectivity index (χ4n) is 8.24. The molecule has 0 unspecified atom stereocenters. The highest BCUT2D eigenvalue weighted by Crippen LogP contribution is 2.45. The summed E-state index contributed by atoms with van der Waals surface area (Å²) in [5.41, 5.74) is 12.0. The number of H-pyrrole nitrogens is 1. The molecule has 41 heavy (non-hydrogen) atoms. The maximum atomic E-state index is 3.88. The first-order valence-corrected chi connectivity index (χ1v) is 14.4. The van der Waals surface area contributed by atoms with Crippen LogP contribution in [-0.4, -0.2) is 16.7 Å². The molecule has 186 valence electrons. The SMILES string of the molecule is B1c2cccc3c4cccc5c6c7ccccc7c(-c7cccc8c7[nH]c7cc9ccccc9cc78)c1c6n(c23)c45. The maximum absolute atomic E-state index is 3.88. The normalized spacial score (nSPS) is 13.1. The Morgan fingerprint density at radius 2 is 1.20 bits per heavy atom. The zero-order valence-electron chi connectivity index (χ0n) is 22.1. The van der Waals surface area contributed by atoms with Gasteiger partial charge in [-0.1, -0.05) is 109 Å². The van der Waals surface area contributed by atoms with E-state index in [0.717, 1.165) is 7.28 Å². The molecule has 1 N–H and O–H groups in total. The van der Waals surface area contributed by atoms with E-state index in [1.165, 1.54) is 103 Å². The Labute approximate surface area is 235 Å². The van der Waals surface area contributed by atoms with Gasteiger partial charge in [0.05, 0.1) is 11.0 Å². The monoisotopic (exact) mass is 516 g/mol. The Kier molecular flexibility index (Phi) is 3.46. The highest BCUT2D eigenvalue weighted by Gasteiger charge is 2.29. The lowest BCUT2D eigenvalue weighted by Crippen LogP contribution is -2.34. The van der Waals surface area contributed by atoms with E-state index >= 15 is 0 Å². The highest BCUT2D eigenvalue weighted by atomic mass is 14.9. The second kappa shape index (κ2) is 6.89. The van der Waals surface area contributed by atoms with Gasteiger partial charge in [-0.2, -0.15) is 0 Å². The van der Waals surface area contributed by atoms with Gasteiger partial charge in [0.15, 0.2) is 7.28 Å². The van der Waals surface area contributed by atoms with Gasteiger partial charge in [0.2, 0.25) is 0 Å². The zero-order valence-corrected chi connectivity index (χ0v) is 22.1. The Balaban J connectivity index is 1.38. The second-order valence-corrected chi connectivity index (χ2v) is 11.7. The molecular formula is C38H21BN2. The average molecular weight is 516 g/mol. The van der Waals surface area contributed by atoms with Gasteiger partial charge in [-0.3, -0.25) is 0 Å². The molecule has 2 nitrogen and oxygen atoms in total. The summed E-state index contributed by atoms with van der Waals surface area (Å²) < 4.78 is 2.59. The van der Waals surface area contributed by atoms with Gasteiger partial charge in [0.25, 0.3) is 0 Å². The van der Waals surface area contributed by atoms with E-state index in [0.29, 0.717) is 0 Å². The summed E-state index contributed by atoms with van der Waals surface area (Å²) in [7, 11) is 0.931. The summed E-state index contributed by atoms with van der Waals surface area (Å²) in [6.07, 6.45) is 0. The van der Waals surface area contributed by atoms with Crippen LogP contribution in [0.4, 0.5) is 0 Å². The number of fused-ring (bicyclic) bond motifs is 8. The molecule has 3 aromatic heterocycles. The fraction of sp³-hybridized carbons (Fsp3) is 0. The minimum Gasteiger partial charge on any atom is -0.354 e. The summed E-state index contributed by atoms with van der Waals surface area (Å²) in [6.45, 7) is 0. The number of aromatic amines is 1. The summed E-state index contributed by atoms with van der Waals surface area (Å²) in [6, 6.07) is 43.0. The second-order valence-electron chi connectivity index (χ2n) is 11.7. The molecule has 0 bridgehead atoms. The van der Waals surface area contributed by atoms with Gasteiger partial charge in [0, 0.05) is 54.4 Å². The van der Waals surface area contributed by atoms with E-state index < -0.39 is 0 Å². The molecule has 10 aromatic rings. The molecule has 0 spiro atoms. The molecule has 7 aromatic carbocycles. The number of nitrogens with zero attached hydrogens (tertiary/aromatic N) is 1. The number of nitrogens with one attached hydrogen (secondary N) is 1. The van der Waals surface area contributed by atoms with Crippen molar-refractivity contribution in [1.82, 2.24) is 9.38 Å². The van der Waals surface area contributed by atoms with Crippen LogP contribution in [0.1, 0.15) is 0 Å². The van der Waals surface area contributed by atoms with Crippen LogP contribution in [0.2, 0.25) is 0 Å². The van der Waals surface area contributed by atoms with Crippen LogP contribution in [0.3, 0.4) is 0 Å². The largest absolute Gasteiger partial charge is 0.354 e. The molecule has 0 saturated heterocycles. The van der Waals surface area contributed by atoms with Crippen molar-refractivity contribution >= 4 is 99.7 Å². The van der Waals surface area contributed by atoms with Crippen LogP contribution in [-0.2, 0) is 0 Å². The molecule has 0 amide bonds. The van der Waals surface area contributed by atoms with Crippen LogP contribution < -0.4 is 10.9 Å². The van der Waals surface area contributed by atoms with Crippen LogP contribution in [0.25, 0.3) is 92.6 Å². The quantitative estimate of drug-likeness (QED) is 0.213. The van der Waals surface area contributed by atoms with Crippen molar-refractivity contribution in [2.75, 3.05) is 0 Å². The van der Waals surface area contributed by atoms with Crippen LogP contribution in [0.15, 0.2) is 115 Å². The Morgan fingerprint density at radius 1 is 0.512 bits per heavy atom. The van der Waals surface area contributed by atoms with Crippen LogP contribution >= 0.6 is 0 Å². The first-order valence-electron chi connectivity index (χ1n) is 14.4. The highest BCUT2D eigenvalue weighted by molar-refractivity contribution is 6.76. The molecule has 0 saturated carbocycles. The van der Waals surface area contributed by atoms with Crippen molar-refractivity contribution in [1.29, 1.82) is 0 Å². The summed E-state index contributed by atoms with van der Waals surface area (Å²) >= 11 is 0. The van der Waals surface area contributed by atoms with Crippen molar-refractivity contribution in [3.63, 3.8) is 0 Å². The van der Waals surface area contributed by atoms with Gasteiger partial charge in [0.1, 0.15) is 0 Å². The van der Waals surface area contributed by atoms with Crippen molar-refractivity contribution in [2.45, 2.75) is 0 Å². The molecule has 11 rings (SSSR count). The summed E-state index contributed by atoms with van der Waals surface area (Å²) in [5.74, 6) is 0. The standard InChI is InChI=1S/C38H21BN2/c1-2-9-21-19-31-29(18-20(21)8-1)24-12-5-15-27(35(24)40-31)32-22-10-3-4-11-23(22)33-28-16-6-13-25-26-14-7-17-30-37(26)41(36(25)28)38(33)34(32)39-30/h1-19,39-40H. The summed E-state index contributed by atoms with van der Waals surface area (Å²) in [5, 5.41) is 13.3. The Bertz CT molecular complexity index is 2770. The van der Waals surface area contributed by atoms with E-state index in [9.17, 15) is 0 Å². The predicted molar refractivity (Wildman–Crippen MR) is 177 cm³/mol. The molecular weight excluding hydrogens is 495 g/mol. The van der Waals surface area contributed by atoms with E-state index in [-0.39, 0.29) is 0 Å². The van der Waals surface area contributed by atoms with E-state index in [1.807, 2.05) is 0 Å². The van der Waals surface area contributed by atoms with E-state index in [2.05, 4.69) is 125 Å². The van der Waals surface area contributed by atoms with Gasteiger partial charge in [-0.15, -0.1) is 0 Å². The van der Waals surface area contributed by atoms with Gasteiger partial charge in [-0.25, -0.2) is 0 Å². The lowest BCUT2D eigenvalue weighted by molar-refractivity contribution is 1.38. The van der Waals surface area contributed by atoms with Crippen molar-refractivity contribution in [2.24, 2.45) is 0 Å². The third-order valence-electron chi connectivity index (χ3n) is 9.81. The van der Waals surface area contributed by atoms with Crippen molar-refractivity contribution < 1.29 is 0 Å². The summed E-state index contributed by atoms with van der Waals surface area (Å²) in [4.78, 5) is 3.88. The molecule has 0 radical (unpaired) electrons. The molecule has 0 atom stereocenters. The molecule has 0 aliphatic carbocycles. The molecule has 1 aliphatic rings. The fourth-order valence-corrected chi connectivity index (χ4v) is 8.24. The van der Waals surface area contributed by atoms with Gasteiger partial charge in [-0.05, 0) is 44.7 Å². The number of para-hydroxylation sites is 3. The Hall–Kier alpha value is -5.28. The third-order valence-corrected chi connectivity index (χ3v) is 9.81. The molecule has 3 heteroatoms. The van der Waals surface area contributed by atoms with Gasteiger partial charge < -0.3 is 9.38 Å². The topological polar surface area (TPSA) is 20.2 Å². The van der Waals surface area contributed by atoms with Crippen LogP contribution in [0, 0.1) is 0 Å². The van der Waals surface area contributed by atoms with E-state index in [4.69, 9.17) is 0 Å². The first kappa shape index (κ1) is 20.6. The van der Waals surface area contributed by atoms with Crippen LogP contribution in [0.5, 0.6) is 0 Å². The van der Waals surface area contributed by atoms with Gasteiger partial charge >= 0.3 is 0 Å². The number of hydrogen-bond acceptors (Lipinski definition) is 0. The zero-order chi connectivity index (χ0) is 26.4. The first-order chi connectivity index (χ1) is 20.3. The molecule has 1 aliphatic heterocycles. The van der Waals surface area contributed by atoms with E-state index in [1.54, 1.807) is 0 Å². The average Bonchev–Trinajstić information content (AvgIpc) is 3.68. The number of rotatable bonds is 1. The Morgan fingerprint density at radius 3 is 2.10 bits per heavy atom. The number of aromatic nitrogens is 2. The minimum atomic E-state index is 0.931.